The molecule has 1 aliphatic rings. The second-order valence-corrected chi connectivity index (χ2v) is 5.15. The molecule has 0 spiro atoms. The summed E-state index contributed by atoms with van der Waals surface area (Å²) in [5.74, 6) is 0. The van der Waals surface area contributed by atoms with Crippen LogP contribution in [0.2, 0.25) is 0 Å². The summed E-state index contributed by atoms with van der Waals surface area (Å²) in [6.07, 6.45) is 8.12. The first-order valence-corrected chi connectivity index (χ1v) is 5.39. The van der Waals surface area contributed by atoms with Crippen LogP contribution in [-0.4, -0.2) is 11.2 Å². The fourth-order valence-corrected chi connectivity index (χ4v) is 1.84. The van der Waals surface area contributed by atoms with E-state index in [1.807, 2.05) is 0 Å². The van der Waals surface area contributed by atoms with Gasteiger partial charge in [-0.05, 0) is 36.7 Å². The van der Waals surface area contributed by atoms with Crippen LogP contribution in [0.4, 0.5) is 0 Å². The van der Waals surface area contributed by atoms with Gasteiger partial charge in [-0.1, -0.05) is 33.3 Å². The van der Waals surface area contributed by atoms with Crippen LogP contribution in [0.25, 0.3) is 0 Å². The minimum absolute atomic E-state index is 0.00380. The highest BCUT2D eigenvalue weighted by atomic mass is 16.3. The van der Waals surface area contributed by atoms with Gasteiger partial charge in [-0.25, -0.2) is 0 Å². The highest BCUT2D eigenvalue weighted by Gasteiger charge is 2.25. The van der Waals surface area contributed by atoms with Crippen molar-refractivity contribution >= 4 is 0 Å². The van der Waals surface area contributed by atoms with E-state index in [1.165, 1.54) is 24.8 Å². The van der Waals surface area contributed by atoms with Crippen molar-refractivity contribution in [3.8, 4) is 0 Å². The third-order valence-electron chi connectivity index (χ3n) is 2.75. The molecule has 0 fully saturated rings. The molecule has 1 heteroatoms. The molecule has 0 aromatic heterocycles. The summed E-state index contributed by atoms with van der Waals surface area (Å²) in [5, 5.41) is 10.1. The first-order chi connectivity index (χ1) is 6.02. The SMILES string of the molecule is CC(C)(C)C(O)C1=CCCCCC1. The van der Waals surface area contributed by atoms with E-state index in [0.29, 0.717) is 0 Å². The van der Waals surface area contributed by atoms with Crippen LogP contribution in [0.5, 0.6) is 0 Å². The number of allylic oxidation sites excluding steroid dienone is 1. The standard InChI is InChI=1S/C12H22O/c1-12(2,3)11(13)10-8-6-4-5-7-9-10/h8,11,13H,4-7,9H2,1-3H3. The molecule has 1 nitrogen and oxygen atoms in total. The summed E-state index contributed by atoms with van der Waals surface area (Å²) in [5.41, 5.74) is 1.26. The van der Waals surface area contributed by atoms with Crippen molar-refractivity contribution in [1.82, 2.24) is 0 Å². The van der Waals surface area contributed by atoms with Crippen LogP contribution >= 0.6 is 0 Å². The van der Waals surface area contributed by atoms with Gasteiger partial charge in [0.15, 0.2) is 0 Å². The van der Waals surface area contributed by atoms with E-state index >= 15 is 0 Å². The Hall–Kier alpha value is -0.300. The zero-order valence-corrected chi connectivity index (χ0v) is 9.14. The van der Waals surface area contributed by atoms with Crippen LogP contribution in [0.3, 0.4) is 0 Å². The van der Waals surface area contributed by atoms with E-state index in [2.05, 4.69) is 26.8 Å². The molecule has 1 rings (SSSR count). The molecule has 1 aliphatic carbocycles. The number of aliphatic hydroxyl groups excluding tert-OH is 1. The van der Waals surface area contributed by atoms with Gasteiger partial charge in [-0.3, -0.25) is 0 Å². The summed E-state index contributed by atoms with van der Waals surface area (Å²) in [4.78, 5) is 0. The molecule has 13 heavy (non-hydrogen) atoms. The van der Waals surface area contributed by atoms with Crippen molar-refractivity contribution in [2.24, 2.45) is 5.41 Å². The Labute approximate surface area is 81.9 Å². The first kappa shape index (κ1) is 10.8. The van der Waals surface area contributed by atoms with Crippen LogP contribution in [-0.2, 0) is 0 Å². The molecule has 0 amide bonds. The summed E-state index contributed by atoms with van der Waals surface area (Å²) in [6, 6.07) is 0. The van der Waals surface area contributed by atoms with E-state index in [9.17, 15) is 5.11 Å². The molecule has 0 saturated heterocycles. The lowest BCUT2D eigenvalue weighted by Gasteiger charge is -2.28. The molecule has 76 valence electrons. The lowest BCUT2D eigenvalue weighted by atomic mass is 9.83. The van der Waals surface area contributed by atoms with Crippen molar-refractivity contribution in [3.05, 3.63) is 11.6 Å². The monoisotopic (exact) mass is 182 g/mol. The van der Waals surface area contributed by atoms with Crippen LogP contribution in [0.1, 0.15) is 52.9 Å². The van der Waals surface area contributed by atoms with E-state index in [-0.39, 0.29) is 11.5 Å². The average Bonchev–Trinajstić information content (AvgIpc) is 2.28. The third kappa shape index (κ3) is 3.15. The Balaban J connectivity index is 2.63. The van der Waals surface area contributed by atoms with Crippen molar-refractivity contribution in [2.75, 3.05) is 0 Å². The number of rotatable bonds is 1. The quantitative estimate of drug-likeness (QED) is 0.617. The molecule has 1 unspecified atom stereocenters. The van der Waals surface area contributed by atoms with E-state index in [4.69, 9.17) is 0 Å². The third-order valence-corrected chi connectivity index (χ3v) is 2.75. The minimum Gasteiger partial charge on any atom is -0.388 e. The van der Waals surface area contributed by atoms with Gasteiger partial charge in [0.1, 0.15) is 0 Å². The number of aliphatic hydroxyl groups is 1. The summed E-state index contributed by atoms with van der Waals surface area (Å²) < 4.78 is 0. The maximum atomic E-state index is 10.1. The molecule has 0 radical (unpaired) electrons. The number of hydrogen-bond donors (Lipinski definition) is 1. The van der Waals surface area contributed by atoms with Gasteiger partial charge in [0.2, 0.25) is 0 Å². The lowest BCUT2D eigenvalue weighted by molar-refractivity contribution is 0.0915. The highest BCUT2D eigenvalue weighted by Crippen LogP contribution is 2.29. The fourth-order valence-electron chi connectivity index (χ4n) is 1.84. The Morgan fingerprint density at radius 1 is 1.23 bits per heavy atom. The van der Waals surface area contributed by atoms with Gasteiger partial charge in [0.05, 0.1) is 6.10 Å². The van der Waals surface area contributed by atoms with Crippen LogP contribution in [0.15, 0.2) is 11.6 Å². The normalized spacial score (nSPS) is 22.0. The Bertz CT molecular complexity index is 186. The van der Waals surface area contributed by atoms with Crippen molar-refractivity contribution in [2.45, 2.75) is 59.0 Å². The van der Waals surface area contributed by atoms with Crippen LogP contribution < -0.4 is 0 Å². The topological polar surface area (TPSA) is 20.2 Å². The molecule has 0 aromatic rings. The van der Waals surface area contributed by atoms with E-state index in [1.54, 1.807) is 0 Å². The average molecular weight is 182 g/mol. The molecule has 0 aliphatic heterocycles. The van der Waals surface area contributed by atoms with Gasteiger partial charge in [0, 0.05) is 0 Å². The minimum atomic E-state index is -0.245. The van der Waals surface area contributed by atoms with E-state index < -0.39 is 0 Å². The lowest BCUT2D eigenvalue weighted by Crippen LogP contribution is -2.27. The predicted octanol–water partition coefficient (Wildman–Crippen LogP) is 3.28. The van der Waals surface area contributed by atoms with Gasteiger partial charge in [0.25, 0.3) is 0 Å². The first-order valence-electron chi connectivity index (χ1n) is 5.39. The van der Waals surface area contributed by atoms with Crippen molar-refractivity contribution in [3.63, 3.8) is 0 Å². The zero-order chi connectivity index (χ0) is 9.90. The van der Waals surface area contributed by atoms with E-state index in [0.717, 1.165) is 12.8 Å². The smallest absolute Gasteiger partial charge is 0.0798 e. The van der Waals surface area contributed by atoms with Crippen molar-refractivity contribution in [1.29, 1.82) is 0 Å². The second kappa shape index (κ2) is 4.28. The molecule has 0 aromatic carbocycles. The Morgan fingerprint density at radius 3 is 2.54 bits per heavy atom. The fraction of sp³-hybridized carbons (Fsp3) is 0.833. The maximum Gasteiger partial charge on any atom is 0.0798 e. The van der Waals surface area contributed by atoms with Gasteiger partial charge in [-0.15, -0.1) is 0 Å². The zero-order valence-electron chi connectivity index (χ0n) is 9.14. The van der Waals surface area contributed by atoms with Crippen LogP contribution in [0, 0.1) is 5.41 Å². The molecular formula is C12H22O. The Kier molecular flexibility index (Phi) is 3.55. The summed E-state index contributed by atoms with van der Waals surface area (Å²) >= 11 is 0. The molecule has 0 heterocycles. The van der Waals surface area contributed by atoms with Crippen molar-refractivity contribution < 1.29 is 5.11 Å². The Morgan fingerprint density at radius 2 is 1.92 bits per heavy atom. The number of hydrogen-bond acceptors (Lipinski definition) is 1. The molecule has 0 saturated carbocycles. The predicted molar refractivity (Wildman–Crippen MR) is 56.6 cm³/mol. The summed E-state index contributed by atoms with van der Waals surface area (Å²) in [7, 11) is 0. The molecule has 1 atom stereocenters. The maximum absolute atomic E-state index is 10.1. The summed E-state index contributed by atoms with van der Waals surface area (Å²) in [6.45, 7) is 6.30. The highest BCUT2D eigenvalue weighted by molar-refractivity contribution is 5.12. The molecular weight excluding hydrogens is 160 g/mol. The van der Waals surface area contributed by atoms with Gasteiger partial charge >= 0.3 is 0 Å². The van der Waals surface area contributed by atoms with Gasteiger partial charge in [-0.2, -0.15) is 0 Å². The second-order valence-electron chi connectivity index (χ2n) is 5.15. The van der Waals surface area contributed by atoms with Gasteiger partial charge < -0.3 is 5.11 Å². The largest absolute Gasteiger partial charge is 0.388 e. The molecule has 1 N–H and O–H groups in total. The molecule has 0 bridgehead atoms.